The van der Waals surface area contributed by atoms with Gasteiger partial charge in [-0.1, -0.05) is 90.5 Å². The number of hydrogen-bond acceptors (Lipinski definition) is 3. The minimum atomic E-state index is 0.719. The van der Waals surface area contributed by atoms with Gasteiger partial charge in [-0.05, 0) is 61.5 Å². The molecule has 2 heterocycles. The van der Waals surface area contributed by atoms with Crippen LogP contribution < -0.4 is 11.1 Å². The summed E-state index contributed by atoms with van der Waals surface area (Å²) in [6.45, 7) is 2.08. The zero-order valence-electron chi connectivity index (χ0n) is 22.7. The fourth-order valence-electron chi connectivity index (χ4n) is 5.54. The van der Waals surface area contributed by atoms with E-state index in [4.69, 9.17) is 10.2 Å². The van der Waals surface area contributed by atoms with Crippen LogP contribution >= 0.6 is 0 Å². The number of fused-ring (bicyclic) bond motifs is 7. The standard InChI is InChI=1S/C30H21N3O.C7H8/c31-24-12-3-4-13-25(24)32-19-8-7-9-20(18-19)33-26-14-5-1-11-23(26)29-27(33)17-16-22-21-10-2-6-15-28(21)34-30(22)29;1-7-5-3-2-4-6-7/h1-18,32H,31H2;2-6H,1H3. The lowest BCUT2D eigenvalue weighted by Crippen LogP contribution is -1.98. The highest BCUT2D eigenvalue weighted by molar-refractivity contribution is 6.23. The Hall–Kier alpha value is -5.48. The molecule has 0 amide bonds. The molecule has 2 aromatic heterocycles. The van der Waals surface area contributed by atoms with Crippen molar-refractivity contribution < 1.29 is 4.42 Å². The summed E-state index contributed by atoms with van der Waals surface area (Å²) in [7, 11) is 0. The first-order valence-electron chi connectivity index (χ1n) is 13.7. The first kappa shape index (κ1) is 24.6. The highest BCUT2D eigenvalue weighted by Gasteiger charge is 2.18. The van der Waals surface area contributed by atoms with Crippen LogP contribution in [0.15, 0.2) is 144 Å². The molecule has 3 N–H and O–H groups in total. The minimum absolute atomic E-state index is 0.719. The number of nitrogens with zero attached hydrogens (tertiary/aromatic N) is 1. The summed E-state index contributed by atoms with van der Waals surface area (Å²) >= 11 is 0. The van der Waals surface area contributed by atoms with Crippen molar-refractivity contribution >= 4 is 60.8 Å². The Morgan fingerprint density at radius 2 is 1.34 bits per heavy atom. The average molecular weight is 532 g/mol. The number of nitrogens with two attached hydrogens (primary N) is 1. The van der Waals surface area contributed by atoms with Gasteiger partial charge in [0.2, 0.25) is 0 Å². The monoisotopic (exact) mass is 531 g/mol. The van der Waals surface area contributed by atoms with Gasteiger partial charge < -0.3 is 20.0 Å². The van der Waals surface area contributed by atoms with E-state index in [0.29, 0.717) is 0 Å². The molecule has 8 rings (SSSR count). The summed E-state index contributed by atoms with van der Waals surface area (Å²) in [6.07, 6.45) is 0. The third-order valence-electron chi connectivity index (χ3n) is 7.46. The normalized spacial score (nSPS) is 11.1. The van der Waals surface area contributed by atoms with Crippen LogP contribution in [0.2, 0.25) is 0 Å². The van der Waals surface area contributed by atoms with E-state index in [0.717, 1.165) is 61.1 Å². The lowest BCUT2D eigenvalue weighted by Gasteiger charge is -2.12. The Balaban J connectivity index is 0.000000348. The molecule has 0 saturated heterocycles. The number of benzene rings is 6. The van der Waals surface area contributed by atoms with Crippen molar-refractivity contribution in [2.45, 2.75) is 6.92 Å². The molecule has 6 aromatic carbocycles. The summed E-state index contributed by atoms with van der Waals surface area (Å²) in [5.41, 5.74) is 15.2. The first-order chi connectivity index (χ1) is 20.2. The number of aromatic nitrogens is 1. The predicted molar refractivity (Wildman–Crippen MR) is 173 cm³/mol. The second-order valence-electron chi connectivity index (χ2n) is 10.2. The maximum atomic E-state index is 6.40. The van der Waals surface area contributed by atoms with Gasteiger partial charge in [0.05, 0.1) is 27.8 Å². The van der Waals surface area contributed by atoms with Crippen LogP contribution in [-0.2, 0) is 0 Å². The molecule has 8 aromatic rings. The van der Waals surface area contributed by atoms with Crippen molar-refractivity contribution in [2.24, 2.45) is 0 Å². The number of nitrogens with one attached hydrogen (secondary N) is 1. The van der Waals surface area contributed by atoms with E-state index >= 15 is 0 Å². The van der Waals surface area contributed by atoms with E-state index in [1.165, 1.54) is 10.9 Å². The summed E-state index contributed by atoms with van der Waals surface area (Å²) in [4.78, 5) is 0. The molecule has 0 fully saturated rings. The van der Waals surface area contributed by atoms with E-state index in [1.54, 1.807) is 0 Å². The molecule has 4 heteroatoms. The maximum Gasteiger partial charge on any atom is 0.145 e. The smallest absolute Gasteiger partial charge is 0.145 e. The quantitative estimate of drug-likeness (QED) is 0.223. The highest BCUT2D eigenvalue weighted by atomic mass is 16.3. The molecular weight excluding hydrogens is 502 g/mol. The van der Waals surface area contributed by atoms with Gasteiger partial charge in [0.25, 0.3) is 0 Å². The third-order valence-corrected chi connectivity index (χ3v) is 7.46. The fraction of sp³-hybridized carbons (Fsp3) is 0.0270. The van der Waals surface area contributed by atoms with Crippen LogP contribution in [0.4, 0.5) is 17.1 Å². The number of nitrogen functional groups attached to an aromatic ring is 1. The second-order valence-corrected chi connectivity index (χ2v) is 10.2. The molecule has 0 spiro atoms. The molecule has 0 aliphatic heterocycles. The van der Waals surface area contributed by atoms with E-state index in [2.05, 4.69) is 102 Å². The van der Waals surface area contributed by atoms with Gasteiger partial charge in [-0.2, -0.15) is 0 Å². The SMILES string of the molecule is Cc1ccccc1.Nc1ccccc1Nc1cccc(-n2c3ccccc3c3c4oc5ccccc5c4ccc32)c1. The number of para-hydroxylation sites is 4. The maximum absolute atomic E-state index is 6.40. The summed E-state index contributed by atoms with van der Waals surface area (Å²) in [5, 5.41) is 8.05. The Morgan fingerprint density at radius 3 is 2.15 bits per heavy atom. The lowest BCUT2D eigenvalue weighted by molar-refractivity contribution is 0.673. The number of rotatable bonds is 3. The predicted octanol–water partition coefficient (Wildman–Crippen LogP) is 10.0. The van der Waals surface area contributed by atoms with Crippen molar-refractivity contribution in [3.05, 3.63) is 145 Å². The molecule has 0 bridgehead atoms. The summed E-state index contributed by atoms with van der Waals surface area (Å²) < 4.78 is 8.70. The van der Waals surface area contributed by atoms with Gasteiger partial charge in [-0.25, -0.2) is 0 Å². The van der Waals surface area contributed by atoms with Crippen molar-refractivity contribution in [2.75, 3.05) is 11.1 Å². The number of hydrogen-bond donors (Lipinski definition) is 2. The Morgan fingerprint density at radius 1 is 0.610 bits per heavy atom. The van der Waals surface area contributed by atoms with Crippen molar-refractivity contribution in [3.63, 3.8) is 0 Å². The van der Waals surface area contributed by atoms with Crippen LogP contribution in [0.3, 0.4) is 0 Å². The molecule has 41 heavy (non-hydrogen) atoms. The van der Waals surface area contributed by atoms with Gasteiger partial charge in [-0.3, -0.25) is 0 Å². The first-order valence-corrected chi connectivity index (χ1v) is 13.7. The zero-order valence-corrected chi connectivity index (χ0v) is 22.7. The molecule has 4 nitrogen and oxygen atoms in total. The molecular formula is C37H29N3O. The molecule has 0 atom stereocenters. The van der Waals surface area contributed by atoms with Crippen LogP contribution in [0.25, 0.3) is 49.4 Å². The largest absolute Gasteiger partial charge is 0.455 e. The van der Waals surface area contributed by atoms with Crippen molar-refractivity contribution in [1.29, 1.82) is 0 Å². The number of aryl methyl sites for hydroxylation is 1. The fourth-order valence-corrected chi connectivity index (χ4v) is 5.54. The van der Waals surface area contributed by atoms with Crippen molar-refractivity contribution in [3.8, 4) is 5.69 Å². The molecule has 198 valence electrons. The van der Waals surface area contributed by atoms with E-state index < -0.39 is 0 Å². The minimum Gasteiger partial charge on any atom is -0.455 e. The number of furan rings is 1. The topological polar surface area (TPSA) is 56.1 Å². The Bertz CT molecular complexity index is 2150. The molecule has 0 radical (unpaired) electrons. The van der Waals surface area contributed by atoms with Gasteiger partial charge in [0, 0.05) is 27.5 Å². The van der Waals surface area contributed by atoms with Gasteiger partial charge >= 0.3 is 0 Å². The van der Waals surface area contributed by atoms with Crippen molar-refractivity contribution in [1.82, 2.24) is 4.57 Å². The van der Waals surface area contributed by atoms with Gasteiger partial charge in [-0.15, -0.1) is 0 Å². The summed E-state index contributed by atoms with van der Waals surface area (Å²) in [6, 6.07) is 47.6. The number of anilines is 3. The van der Waals surface area contributed by atoms with Crippen LogP contribution in [0.1, 0.15) is 5.56 Å². The molecule has 0 aliphatic carbocycles. The van der Waals surface area contributed by atoms with E-state index in [1.807, 2.05) is 54.6 Å². The lowest BCUT2D eigenvalue weighted by atomic mass is 10.1. The van der Waals surface area contributed by atoms with Crippen LogP contribution in [-0.4, -0.2) is 4.57 Å². The molecule has 0 aliphatic rings. The Kier molecular flexibility index (Phi) is 6.14. The van der Waals surface area contributed by atoms with E-state index in [-0.39, 0.29) is 0 Å². The third kappa shape index (κ3) is 4.46. The Labute approximate surface area is 238 Å². The van der Waals surface area contributed by atoms with Gasteiger partial charge in [0.1, 0.15) is 11.2 Å². The van der Waals surface area contributed by atoms with Crippen LogP contribution in [0.5, 0.6) is 0 Å². The van der Waals surface area contributed by atoms with E-state index in [9.17, 15) is 0 Å². The summed E-state index contributed by atoms with van der Waals surface area (Å²) in [5.74, 6) is 0. The average Bonchev–Trinajstić information content (AvgIpc) is 3.55. The second kappa shape index (κ2) is 10.2. The van der Waals surface area contributed by atoms with Gasteiger partial charge in [0.15, 0.2) is 0 Å². The zero-order chi connectivity index (χ0) is 27.8. The van der Waals surface area contributed by atoms with Crippen LogP contribution in [0, 0.1) is 6.92 Å². The molecule has 0 saturated carbocycles. The highest BCUT2D eigenvalue weighted by Crippen LogP contribution is 2.40. The molecule has 0 unspecified atom stereocenters.